The standard InChI is InChI=1S/C25H30N2O6/c1-16(13-23(28)29)11-12-26-24(30)22(15-32-2)27-25(31)33-14-21-19-9-5-3-7-17(19)18-8-4-6-10-20(18)21/h3-10,16,21-22H,11-15H2,1-2H3,(H,26,30)(H,27,31)(H,28,29). The number of hydrogen-bond donors (Lipinski definition) is 3. The van der Waals surface area contributed by atoms with Crippen molar-refractivity contribution in [2.45, 2.75) is 31.7 Å². The number of rotatable bonds is 11. The third-order valence-corrected chi connectivity index (χ3v) is 5.75. The van der Waals surface area contributed by atoms with Gasteiger partial charge in [-0.25, -0.2) is 4.79 Å². The minimum Gasteiger partial charge on any atom is -0.481 e. The van der Waals surface area contributed by atoms with E-state index in [0.29, 0.717) is 13.0 Å². The molecule has 33 heavy (non-hydrogen) atoms. The van der Waals surface area contributed by atoms with Gasteiger partial charge in [-0.3, -0.25) is 9.59 Å². The summed E-state index contributed by atoms with van der Waals surface area (Å²) >= 11 is 0. The number of amides is 2. The Morgan fingerprint density at radius 2 is 1.64 bits per heavy atom. The molecule has 2 aromatic rings. The largest absolute Gasteiger partial charge is 0.481 e. The van der Waals surface area contributed by atoms with E-state index in [1.54, 1.807) is 0 Å². The monoisotopic (exact) mass is 454 g/mol. The van der Waals surface area contributed by atoms with Crippen molar-refractivity contribution in [3.8, 4) is 11.1 Å². The zero-order valence-electron chi connectivity index (χ0n) is 18.9. The predicted molar refractivity (Wildman–Crippen MR) is 123 cm³/mol. The first kappa shape index (κ1) is 24.3. The number of carbonyl (C=O) groups is 3. The van der Waals surface area contributed by atoms with Crippen molar-refractivity contribution in [1.82, 2.24) is 10.6 Å². The lowest BCUT2D eigenvalue weighted by Gasteiger charge is -2.19. The number of methoxy groups -OCH3 is 1. The third-order valence-electron chi connectivity index (χ3n) is 5.75. The molecule has 3 rings (SSSR count). The second kappa shape index (κ2) is 11.5. The summed E-state index contributed by atoms with van der Waals surface area (Å²) in [7, 11) is 1.44. The SMILES string of the molecule is COCC(NC(=O)OCC1c2ccccc2-c2ccccc21)C(=O)NCCC(C)CC(=O)O. The number of benzene rings is 2. The average molecular weight is 455 g/mol. The topological polar surface area (TPSA) is 114 Å². The van der Waals surface area contributed by atoms with Crippen LogP contribution in [0.5, 0.6) is 0 Å². The third kappa shape index (κ3) is 6.32. The maximum atomic E-state index is 12.5. The molecule has 0 bridgehead atoms. The van der Waals surface area contributed by atoms with Crippen LogP contribution in [0, 0.1) is 5.92 Å². The number of carboxylic acid groups (broad SMARTS) is 1. The molecule has 0 heterocycles. The second-order valence-electron chi connectivity index (χ2n) is 8.26. The summed E-state index contributed by atoms with van der Waals surface area (Å²) in [4.78, 5) is 35.7. The summed E-state index contributed by atoms with van der Waals surface area (Å²) < 4.78 is 10.6. The Bertz CT molecular complexity index is 947. The summed E-state index contributed by atoms with van der Waals surface area (Å²) in [5, 5.41) is 14.1. The Kier molecular flexibility index (Phi) is 8.43. The van der Waals surface area contributed by atoms with E-state index in [4.69, 9.17) is 14.6 Å². The lowest BCUT2D eigenvalue weighted by molar-refractivity contribution is -0.138. The van der Waals surface area contributed by atoms with E-state index in [1.165, 1.54) is 7.11 Å². The molecule has 1 aliphatic rings. The number of carboxylic acids is 1. The molecule has 176 valence electrons. The van der Waals surface area contributed by atoms with E-state index in [9.17, 15) is 14.4 Å². The first-order valence-electron chi connectivity index (χ1n) is 11.0. The van der Waals surface area contributed by atoms with Crippen LogP contribution < -0.4 is 10.6 Å². The molecule has 0 radical (unpaired) electrons. The molecule has 2 amide bonds. The maximum Gasteiger partial charge on any atom is 0.407 e. The molecule has 0 aromatic heterocycles. The highest BCUT2D eigenvalue weighted by atomic mass is 16.5. The average Bonchev–Trinajstić information content (AvgIpc) is 3.10. The first-order valence-corrected chi connectivity index (χ1v) is 11.0. The second-order valence-corrected chi connectivity index (χ2v) is 8.26. The van der Waals surface area contributed by atoms with Gasteiger partial charge in [0.05, 0.1) is 6.61 Å². The van der Waals surface area contributed by atoms with E-state index in [2.05, 4.69) is 22.8 Å². The van der Waals surface area contributed by atoms with Crippen molar-refractivity contribution in [3.05, 3.63) is 59.7 Å². The van der Waals surface area contributed by atoms with Crippen LogP contribution in [0.3, 0.4) is 0 Å². The molecule has 8 nitrogen and oxygen atoms in total. The number of fused-ring (bicyclic) bond motifs is 3. The van der Waals surface area contributed by atoms with Gasteiger partial charge in [-0.2, -0.15) is 0 Å². The summed E-state index contributed by atoms with van der Waals surface area (Å²) in [6.07, 6.45) is -0.147. The Morgan fingerprint density at radius 3 is 2.21 bits per heavy atom. The summed E-state index contributed by atoms with van der Waals surface area (Å²) in [6.45, 7) is 2.25. The number of aliphatic carboxylic acids is 1. The molecule has 1 aliphatic carbocycles. The van der Waals surface area contributed by atoms with Gasteiger partial charge >= 0.3 is 12.1 Å². The minimum atomic E-state index is -0.916. The minimum absolute atomic E-state index is 0.0132. The number of alkyl carbamates (subject to hydrolysis) is 1. The van der Waals surface area contributed by atoms with E-state index in [-0.39, 0.29) is 31.5 Å². The zero-order valence-corrected chi connectivity index (χ0v) is 18.9. The molecule has 3 N–H and O–H groups in total. The molecule has 0 aliphatic heterocycles. The summed E-state index contributed by atoms with van der Waals surface area (Å²) in [5.41, 5.74) is 4.48. The lowest BCUT2D eigenvalue weighted by atomic mass is 9.98. The van der Waals surface area contributed by atoms with Crippen LogP contribution in [0.15, 0.2) is 48.5 Å². The highest BCUT2D eigenvalue weighted by Gasteiger charge is 2.29. The zero-order chi connectivity index (χ0) is 23.8. The first-order chi connectivity index (χ1) is 15.9. The number of ether oxygens (including phenoxy) is 2. The van der Waals surface area contributed by atoms with Crippen LogP contribution in [-0.2, 0) is 19.1 Å². The fourth-order valence-corrected chi connectivity index (χ4v) is 4.10. The number of hydrogen-bond acceptors (Lipinski definition) is 5. The van der Waals surface area contributed by atoms with E-state index in [0.717, 1.165) is 22.3 Å². The number of nitrogens with one attached hydrogen (secondary N) is 2. The number of carbonyl (C=O) groups excluding carboxylic acids is 2. The predicted octanol–water partition coefficient (Wildman–Crippen LogP) is 3.16. The molecule has 2 unspecified atom stereocenters. The van der Waals surface area contributed by atoms with Gasteiger partial charge in [0.15, 0.2) is 0 Å². The van der Waals surface area contributed by atoms with Crippen molar-refractivity contribution in [3.63, 3.8) is 0 Å². The molecule has 0 spiro atoms. The van der Waals surface area contributed by atoms with Gasteiger partial charge in [-0.05, 0) is 34.6 Å². The Labute approximate surface area is 193 Å². The van der Waals surface area contributed by atoms with Gasteiger partial charge in [0.2, 0.25) is 5.91 Å². The van der Waals surface area contributed by atoms with Crippen molar-refractivity contribution >= 4 is 18.0 Å². The van der Waals surface area contributed by atoms with E-state index in [1.807, 2.05) is 43.3 Å². The van der Waals surface area contributed by atoms with Crippen molar-refractivity contribution in [2.75, 3.05) is 26.9 Å². The highest BCUT2D eigenvalue weighted by molar-refractivity contribution is 5.86. The van der Waals surface area contributed by atoms with Crippen LogP contribution in [0.1, 0.15) is 36.8 Å². The lowest BCUT2D eigenvalue weighted by Crippen LogP contribution is -2.49. The summed E-state index contributed by atoms with van der Waals surface area (Å²) in [6, 6.07) is 15.2. The highest BCUT2D eigenvalue weighted by Crippen LogP contribution is 2.44. The van der Waals surface area contributed by atoms with Crippen molar-refractivity contribution < 1.29 is 29.0 Å². The van der Waals surface area contributed by atoms with E-state index >= 15 is 0 Å². The van der Waals surface area contributed by atoms with Crippen LogP contribution in [0.4, 0.5) is 4.79 Å². The van der Waals surface area contributed by atoms with Crippen LogP contribution in [-0.4, -0.2) is 56.0 Å². The molecule has 0 fully saturated rings. The van der Waals surface area contributed by atoms with Gasteiger partial charge in [0.25, 0.3) is 0 Å². The normalized spacial score (nSPS) is 14.0. The molecule has 0 saturated heterocycles. The van der Waals surface area contributed by atoms with E-state index < -0.39 is 24.0 Å². The van der Waals surface area contributed by atoms with Crippen molar-refractivity contribution in [2.24, 2.45) is 5.92 Å². The molecule has 2 atom stereocenters. The van der Waals surface area contributed by atoms with Crippen LogP contribution >= 0.6 is 0 Å². The molecular formula is C25H30N2O6. The molecule has 2 aromatic carbocycles. The quantitative estimate of drug-likeness (QED) is 0.481. The smallest absolute Gasteiger partial charge is 0.407 e. The maximum absolute atomic E-state index is 12.5. The van der Waals surface area contributed by atoms with Gasteiger partial charge in [-0.15, -0.1) is 0 Å². The van der Waals surface area contributed by atoms with Gasteiger partial charge in [0, 0.05) is 26.0 Å². The Morgan fingerprint density at radius 1 is 1.03 bits per heavy atom. The molecular weight excluding hydrogens is 424 g/mol. The van der Waals surface area contributed by atoms with Crippen molar-refractivity contribution in [1.29, 1.82) is 0 Å². The fourth-order valence-electron chi connectivity index (χ4n) is 4.10. The van der Waals surface area contributed by atoms with Crippen LogP contribution in [0.25, 0.3) is 11.1 Å². The van der Waals surface area contributed by atoms with Gasteiger partial charge in [0.1, 0.15) is 12.6 Å². The Balaban J connectivity index is 1.54. The molecule has 8 heteroatoms. The summed E-state index contributed by atoms with van der Waals surface area (Å²) in [5.74, 6) is -1.43. The van der Waals surface area contributed by atoms with Crippen LogP contribution in [0.2, 0.25) is 0 Å². The Hall–Kier alpha value is -3.39. The molecule has 0 saturated carbocycles. The van der Waals surface area contributed by atoms with Gasteiger partial charge in [-0.1, -0.05) is 55.5 Å². The van der Waals surface area contributed by atoms with Gasteiger partial charge < -0.3 is 25.2 Å². The fraction of sp³-hybridized carbons (Fsp3) is 0.400.